The highest BCUT2D eigenvalue weighted by Crippen LogP contribution is 2.39. The van der Waals surface area contributed by atoms with Crippen molar-refractivity contribution >= 4 is 16.1 Å². The molecule has 1 N–H and O–H groups in total. The van der Waals surface area contributed by atoms with Crippen LogP contribution in [0.15, 0.2) is 24.3 Å². The van der Waals surface area contributed by atoms with Crippen LogP contribution < -0.4 is 5.32 Å². The number of carbonyl (C=O) groups is 1. The molecule has 2 fully saturated rings. The van der Waals surface area contributed by atoms with Crippen molar-refractivity contribution in [1.29, 1.82) is 0 Å². The van der Waals surface area contributed by atoms with Crippen LogP contribution in [0, 0.1) is 5.82 Å². The van der Waals surface area contributed by atoms with E-state index in [0.717, 1.165) is 31.2 Å². The fraction of sp³-hybridized carbons (Fsp3) is 0.667. The lowest BCUT2D eigenvalue weighted by atomic mass is 9.69. The molecule has 162 valence electrons. The minimum Gasteiger partial charge on any atom is -0.335 e. The Labute approximate surface area is 173 Å². The van der Waals surface area contributed by atoms with E-state index in [4.69, 9.17) is 0 Å². The summed E-state index contributed by atoms with van der Waals surface area (Å²) >= 11 is 0. The van der Waals surface area contributed by atoms with E-state index >= 15 is 0 Å². The average Bonchev–Trinajstić information content (AvgIpc) is 2.68. The third-order valence-electron chi connectivity index (χ3n) is 6.70. The van der Waals surface area contributed by atoms with Gasteiger partial charge in [-0.2, -0.15) is 0 Å². The van der Waals surface area contributed by atoms with Crippen LogP contribution in [-0.4, -0.2) is 62.1 Å². The van der Waals surface area contributed by atoms with Crippen molar-refractivity contribution in [2.24, 2.45) is 0 Å². The summed E-state index contributed by atoms with van der Waals surface area (Å²) in [5.74, 6) is -0.206. The van der Waals surface area contributed by atoms with Crippen LogP contribution in [0.2, 0.25) is 0 Å². The zero-order chi connectivity index (χ0) is 21.2. The molecule has 0 aromatic heterocycles. The Morgan fingerprint density at radius 1 is 1.21 bits per heavy atom. The second-order valence-corrected chi connectivity index (χ2v) is 10.8. The summed E-state index contributed by atoms with van der Waals surface area (Å²) in [5, 5.41) is 3.14. The van der Waals surface area contributed by atoms with Gasteiger partial charge < -0.3 is 10.2 Å². The van der Waals surface area contributed by atoms with E-state index in [1.165, 1.54) is 16.6 Å². The minimum absolute atomic E-state index is 0.0501. The van der Waals surface area contributed by atoms with Crippen LogP contribution in [0.25, 0.3) is 0 Å². The topological polar surface area (TPSA) is 69.7 Å². The smallest absolute Gasteiger partial charge is 0.317 e. The van der Waals surface area contributed by atoms with E-state index in [2.05, 4.69) is 12.2 Å². The molecule has 1 aromatic carbocycles. The standard InChI is InChI=1S/C21H32FN3O3S/c1-21(16-5-4-6-17(22)15-16)11-7-18(8-12-21)23-20(26)24(2)19-9-13-25(14-10-19)29(3,27)28/h4-6,15,18-19H,7-14H2,1-3H3,(H,23,26)/t18-,21+. The van der Waals surface area contributed by atoms with Crippen LogP contribution >= 0.6 is 0 Å². The lowest BCUT2D eigenvalue weighted by Crippen LogP contribution is -2.52. The molecule has 1 heterocycles. The molecule has 1 aromatic rings. The number of halogens is 1. The van der Waals surface area contributed by atoms with Gasteiger partial charge in [0.25, 0.3) is 0 Å². The average molecular weight is 426 g/mol. The van der Waals surface area contributed by atoms with Gasteiger partial charge >= 0.3 is 6.03 Å². The van der Waals surface area contributed by atoms with Gasteiger partial charge in [-0.25, -0.2) is 21.9 Å². The lowest BCUT2D eigenvalue weighted by Gasteiger charge is -2.40. The normalized spacial score (nSPS) is 26.8. The van der Waals surface area contributed by atoms with E-state index < -0.39 is 10.0 Å². The van der Waals surface area contributed by atoms with E-state index in [-0.39, 0.29) is 29.3 Å². The first-order valence-corrected chi connectivity index (χ1v) is 12.2. The second kappa shape index (κ2) is 8.60. The monoisotopic (exact) mass is 425 g/mol. The number of carbonyl (C=O) groups excluding carboxylic acids is 1. The van der Waals surface area contributed by atoms with Gasteiger partial charge in [-0.1, -0.05) is 19.1 Å². The van der Waals surface area contributed by atoms with Gasteiger partial charge in [0.05, 0.1) is 6.26 Å². The summed E-state index contributed by atoms with van der Waals surface area (Å²) < 4.78 is 38.4. The maximum absolute atomic E-state index is 13.6. The number of benzene rings is 1. The van der Waals surface area contributed by atoms with E-state index in [0.29, 0.717) is 25.9 Å². The van der Waals surface area contributed by atoms with Crippen LogP contribution in [0.1, 0.15) is 51.0 Å². The molecule has 1 saturated carbocycles. The molecule has 1 aliphatic heterocycles. The van der Waals surface area contributed by atoms with Crippen LogP contribution in [0.5, 0.6) is 0 Å². The van der Waals surface area contributed by atoms with Gasteiger partial charge in [-0.3, -0.25) is 0 Å². The number of hydrogen-bond donors (Lipinski definition) is 1. The first-order valence-electron chi connectivity index (χ1n) is 10.3. The molecule has 6 nitrogen and oxygen atoms in total. The minimum atomic E-state index is -3.16. The molecule has 8 heteroatoms. The molecule has 1 saturated heterocycles. The Morgan fingerprint density at radius 2 is 1.83 bits per heavy atom. The van der Waals surface area contributed by atoms with Gasteiger partial charge in [0.15, 0.2) is 0 Å². The highest BCUT2D eigenvalue weighted by atomic mass is 32.2. The van der Waals surface area contributed by atoms with Gasteiger partial charge in [0.2, 0.25) is 10.0 Å². The molecule has 0 bridgehead atoms. The van der Waals surface area contributed by atoms with E-state index in [1.807, 2.05) is 6.07 Å². The van der Waals surface area contributed by atoms with Gasteiger partial charge in [0, 0.05) is 32.2 Å². The van der Waals surface area contributed by atoms with E-state index in [1.54, 1.807) is 24.1 Å². The van der Waals surface area contributed by atoms with Crippen LogP contribution in [0.4, 0.5) is 9.18 Å². The Morgan fingerprint density at radius 3 is 2.38 bits per heavy atom. The van der Waals surface area contributed by atoms with E-state index in [9.17, 15) is 17.6 Å². The first kappa shape index (κ1) is 22.0. The van der Waals surface area contributed by atoms with Gasteiger partial charge in [-0.05, 0) is 61.6 Å². The Balaban J connectivity index is 1.49. The Hall–Kier alpha value is -1.67. The zero-order valence-corrected chi connectivity index (χ0v) is 18.3. The number of sulfonamides is 1. The zero-order valence-electron chi connectivity index (χ0n) is 17.5. The summed E-state index contributed by atoms with van der Waals surface area (Å²) in [6.45, 7) is 3.08. The predicted molar refractivity (Wildman–Crippen MR) is 112 cm³/mol. The summed E-state index contributed by atoms with van der Waals surface area (Å²) in [7, 11) is -1.38. The highest BCUT2D eigenvalue weighted by Gasteiger charge is 2.35. The second-order valence-electron chi connectivity index (χ2n) is 8.80. The van der Waals surface area contributed by atoms with Gasteiger partial charge in [-0.15, -0.1) is 0 Å². The summed E-state index contributed by atoms with van der Waals surface area (Å²) in [5.41, 5.74) is 0.963. The van der Waals surface area contributed by atoms with Crippen molar-refractivity contribution in [3.63, 3.8) is 0 Å². The quantitative estimate of drug-likeness (QED) is 0.806. The summed E-state index contributed by atoms with van der Waals surface area (Å²) in [6, 6.07) is 6.90. The molecule has 2 aliphatic rings. The predicted octanol–water partition coefficient (Wildman–Crippen LogP) is 3.09. The molecule has 0 radical (unpaired) electrons. The molecule has 0 unspecified atom stereocenters. The SMILES string of the molecule is CN(C(=O)N[C@H]1CC[C@@](C)(c2cccc(F)c2)CC1)C1CCN(S(C)(=O)=O)CC1. The molecule has 1 aliphatic carbocycles. The number of amides is 2. The maximum Gasteiger partial charge on any atom is 0.317 e. The maximum atomic E-state index is 13.6. The fourth-order valence-corrected chi connectivity index (χ4v) is 5.43. The van der Waals surface area contributed by atoms with Crippen molar-refractivity contribution in [3.05, 3.63) is 35.6 Å². The van der Waals surface area contributed by atoms with Crippen LogP contribution in [-0.2, 0) is 15.4 Å². The van der Waals surface area contributed by atoms with Gasteiger partial charge in [0.1, 0.15) is 5.82 Å². The largest absolute Gasteiger partial charge is 0.335 e. The third kappa shape index (κ3) is 5.28. The van der Waals surface area contributed by atoms with Crippen molar-refractivity contribution < 1.29 is 17.6 Å². The molecular weight excluding hydrogens is 393 g/mol. The molecular formula is C21H32FN3O3S. The third-order valence-corrected chi connectivity index (χ3v) is 8.00. The van der Waals surface area contributed by atoms with Crippen LogP contribution in [0.3, 0.4) is 0 Å². The van der Waals surface area contributed by atoms with Crippen molar-refractivity contribution in [3.8, 4) is 0 Å². The first-order chi connectivity index (χ1) is 13.6. The number of hydrogen-bond acceptors (Lipinski definition) is 3. The number of piperidine rings is 1. The molecule has 29 heavy (non-hydrogen) atoms. The Bertz CT molecular complexity index is 829. The highest BCUT2D eigenvalue weighted by molar-refractivity contribution is 7.88. The molecule has 0 spiro atoms. The number of rotatable bonds is 4. The van der Waals surface area contributed by atoms with Crippen molar-refractivity contribution in [2.45, 2.75) is 62.9 Å². The lowest BCUT2D eigenvalue weighted by molar-refractivity contribution is 0.155. The number of urea groups is 1. The van der Waals surface area contributed by atoms with Crippen molar-refractivity contribution in [2.75, 3.05) is 26.4 Å². The summed E-state index contributed by atoms with van der Waals surface area (Å²) in [4.78, 5) is 14.4. The number of nitrogens with zero attached hydrogens (tertiary/aromatic N) is 2. The molecule has 3 rings (SSSR count). The molecule has 2 amide bonds. The fourth-order valence-electron chi connectivity index (χ4n) is 4.56. The molecule has 0 atom stereocenters. The van der Waals surface area contributed by atoms with Crippen molar-refractivity contribution in [1.82, 2.24) is 14.5 Å². The number of nitrogens with one attached hydrogen (secondary N) is 1. The Kier molecular flexibility index (Phi) is 6.53. The summed E-state index contributed by atoms with van der Waals surface area (Å²) in [6.07, 6.45) is 6.05.